The van der Waals surface area contributed by atoms with E-state index in [1.165, 1.54) is 12.1 Å². The first-order valence-electron chi connectivity index (χ1n) is 9.50. The van der Waals surface area contributed by atoms with Crippen LogP contribution in [0, 0.1) is 11.7 Å². The van der Waals surface area contributed by atoms with E-state index in [2.05, 4.69) is 9.62 Å². The van der Waals surface area contributed by atoms with Gasteiger partial charge in [0.1, 0.15) is 25.6 Å². The number of benzene rings is 2. The third-order valence-corrected chi connectivity index (χ3v) is 6.35. The van der Waals surface area contributed by atoms with Gasteiger partial charge in [-0.25, -0.2) is 17.5 Å². The van der Waals surface area contributed by atoms with Crippen molar-refractivity contribution in [3.63, 3.8) is 0 Å². The molecule has 0 aliphatic carbocycles. The van der Waals surface area contributed by atoms with Gasteiger partial charge in [0.25, 0.3) is 0 Å². The number of rotatable bonds is 8. The predicted molar refractivity (Wildman–Crippen MR) is 104 cm³/mol. The van der Waals surface area contributed by atoms with Crippen LogP contribution >= 0.6 is 0 Å². The van der Waals surface area contributed by atoms with Gasteiger partial charge in [-0.2, -0.15) is 0 Å². The van der Waals surface area contributed by atoms with Gasteiger partial charge in [0.15, 0.2) is 11.5 Å². The molecule has 0 spiro atoms. The topological polar surface area (TPSA) is 77.1 Å². The van der Waals surface area contributed by atoms with Crippen LogP contribution in [0.5, 0.6) is 17.2 Å². The van der Waals surface area contributed by atoms with E-state index in [9.17, 15) is 12.8 Å². The number of para-hydroxylation sites is 1. The van der Waals surface area contributed by atoms with Crippen molar-refractivity contribution in [3.8, 4) is 17.2 Å². The van der Waals surface area contributed by atoms with E-state index in [4.69, 9.17) is 14.2 Å². The molecule has 7 nitrogen and oxygen atoms in total. The van der Waals surface area contributed by atoms with E-state index in [1.807, 2.05) is 18.2 Å². The van der Waals surface area contributed by atoms with Crippen molar-refractivity contribution in [2.24, 2.45) is 5.92 Å². The lowest BCUT2D eigenvalue weighted by atomic mass is 10.0. The summed E-state index contributed by atoms with van der Waals surface area (Å²) in [5.74, 6) is 1.80. The Balaban J connectivity index is 1.18. The lowest BCUT2D eigenvalue weighted by Gasteiger charge is -2.39. The van der Waals surface area contributed by atoms with Crippen LogP contribution in [0.2, 0.25) is 0 Å². The summed E-state index contributed by atoms with van der Waals surface area (Å²) in [6.45, 7) is 4.24. The highest BCUT2D eigenvalue weighted by Gasteiger charge is 2.28. The van der Waals surface area contributed by atoms with Crippen LogP contribution in [-0.4, -0.2) is 59.3 Å². The fourth-order valence-corrected chi connectivity index (χ4v) is 4.47. The quantitative estimate of drug-likeness (QED) is 0.700. The lowest BCUT2D eigenvalue weighted by Crippen LogP contribution is -2.52. The zero-order chi connectivity index (χ0) is 20.3. The van der Waals surface area contributed by atoms with Crippen molar-refractivity contribution in [2.75, 3.05) is 46.0 Å². The van der Waals surface area contributed by atoms with Crippen LogP contribution in [0.15, 0.2) is 47.4 Å². The second kappa shape index (κ2) is 8.56. The molecule has 2 heterocycles. The van der Waals surface area contributed by atoms with E-state index < -0.39 is 15.8 Å². The van der Waals surface area contributed by atoms with E-state index in [-0.39, 0.29) is 10.8 Å². The van der Waals surface area contributed by atoms with Gasteiger partial charge < -0.3 is 14.2 Å². The van der Waals surface area contributed by atoms with Crippen LogP contribution < -0.4 is 18.9 Å². The van der Waals surface area contributed by atoms with Gasteiger partial charge in [-0.05, 0) is 42.3 Å². The smallest absolute Gasteiger partial charge is 0.240 e. The molecule has 0 unspecified atom stereocenters. The van der Waals surface area contributed by atoms with E-state index >= 15 is 0 Å². The summed E-state index contributed by atoms with van der Waals surface area (Å²) in [5, 5.41) is 0. The van der Waals surface area contributed by atoms with Crippen LogP contribution in [0.1, 0.15) is 0 Å². The number of nitrogens with one attached hydrogen (secondary N) is 1. The fraction of sp³-hybridized carbons (Fsp3) is 0.400. The summed E-state index contributed by atoms with van der Waals surface area (Å²) < 4.78 is 57.0. The summed E-state index contributed by atoms with van der Waals surface area (Å²) in [6, 6.07) is 10.4. The first kappa shape index (κ1) is 19.9. The predicted octanol–water partition coefficient (Wildman–Crippen LogP) is 1.89. The zero-order valence-electron chi connectivity index (χ0n) is 15.8. The molecular weight excluding hydrogens is 399 g/mol. The van der Waals surface area contributed by atoms with Crippen LogP contribution in [0.3, 0.4) is 0 Å². The van der Waals surface area contributed by atoms with E-state index in [1.54, 1.807) is 0 Å². The van der Waals surface area contributed by atoms with Crippen molar-refractivity contribution < 1.29 is 27.0 Å². The minimum atomic E-state index is -3.61. The normalized spacial score (nSPS) is 17.0. The van der Waals surface area contributed by atoms with Gasteiger partial charge in [0.2, 0.25) is 15.8 Å². The number of likely N-dealkylation sites (tertiary alicyclic amines) is 1. The Hall–Kier alpha value is -2.36. The Morgan fingerprint density at radius 1 is 1.10 bits per heavy atom. The Kier molecular flexibility index (Phi) is 5.89. The van der Waals surface area contributed by atoms with Crippen molar-refractivity contribution in [1.29, 1.82) is 0 Å². The molecule has 29 heavy (non-hydrogen) atoms. The molecule has 156 valence electrons. The molecule has 0 radical (unpaired) electrons. The summed E-state index contributed by atoms with van der Waals surface area (Å²) in [4.78, 5) is 2.27. The Morgan fingerprint density at radius 2 is 1.86 bits per heavy atom. The molecule has 1 saturated heterocycles. The molecule has 0 saturated carbocycles. The molecule has 0 bridgehead atoms. The van der Waals surface area contributed by atoms with Crippen LogP contribution in [-0.2, 0) is 10.0 Å². The van der Waals surface area contributed by atoms with Crippen molar-refractivity contribution >= 4 is 10.0 Å². The number of fused-ring (bicyclic) bond motifs is 1. The first-order chi connectivity index (χ1) is 14.0. The van der Waals surface area contributed by atoms with Gasteiger partial charge in [0, 0.05) is 26.2 Å². The fourth-order valence-electron chi connectivity index (χ4n) is 3.36. The lowest BCUT2D eigenvalue weighted by molar-refractivity contribution is 0.0835. The Morgan fingerprint density at radius 3 is 2.66 bits per heavy atom. The third kappa shape index (κ3) is 4.80. The van der Waals surface area contributed by atoms with Gasteiger partial charge in [-0.1, -0.05) is 6.07 Å². The molecule has 4 rings (SSSR count). The molecule has 2 aliphatic heterocycles. The maximum Gasteiger partial charge on any atom is 0.240 e. The number of sulfonamides is 1. The molecule has 1 fully saturated rings. The van der Waals surface area contributed by atoms with Crippen molar-refractivity contribution in [1.82, 2.24) is 9.62 Å². The monoisotopic (exact) mass is 422 g/mol. The standard InChI is InChI=1S/C20H23FN2O5S/c21-16-4-6-17(7-5-16)29(24,25)22-12-15-13-23(14-15)8-9-26-18-2-1-3-19-20(18)28-11-10-27-19/h1-7,15,22H,8-14H2. The van der Waals surface area contributed by atoms with Crippen LogP contribution in [0.25, 0.3) is 0 Å². The van der Waals surface area contributed by atoms with Gasteiger partial charge >= 0.3 is 0 Å². The summed E-state index contributed by atoms with van der Waals surface area (Å²) in [7, 11) is -3.61. The number of ether oxygens (including phenoxy) is 3. The molecular formula is C20H23FN2O5S. The molecule has 1 N–H and O–H groups in total. The molecule has 2 aromatic carbocycles. The molecule has 2 aliphatic rings. The van der Waals surface area contributed by atoms with Crippen molar-refractivity contribution in [2.45, 2.75) is 4.90 Å². The SMILES string of the molecule is O=S(=O)(NCC1CN(CCOc2cccc3c2OCCO3)C1)c1ccc(F)cc1. The highest BCUT2D eigenvalue weighted by atomic mass is 32.2. The number of halogens is 1. The molecule has 0 amide bonds. The maximum atomic E-state index is 12.9. The largest absolute Gasteiger partial charge is 0.488 e. The molecule has 0 atom stereocenters. The van der Waals surface area contributed by atoms with Crippen LogP contribution in [0.4, 0.5) is 4.39 Å². The summed E-state index contributed by atoms with van der Waals surface area (Å²) >= 11 is 0. The number of hydrogen-bond donors (Lipinski definition) is 1. The first-order valence-corrected chi connectivity index (χ1v) is 11.0. The van der Waals surface area contributed by atoms with Gasteiger partial charge in [0.05, 0.1) is 4.90 Å². The Bertz CT molecular complexity index is 946. The minimum Gasteiger partial charge on any atom is -0.488 e. The maximum absolute atomic E-state index is 12.9. The second-order valence-corrected chi connectivity index (χ2v) is 8.83. The zero-order valence-corrected chi connectivity index (χ0v) is 16.7. The number of hydrogen-bond acceptors (Lipinski definition) is 6. The molecule has 9 heteroatoms. The molecule has 0 aromatic heterocycles. The minimum absolute atomic E-state index is 0.0703. The van der Waals surface area contributed by atoms with Crippen molar-refractivity contribution in [3.05, 3.63) is 48.3 Å². The van der Waals surface area contributed by atoms with Gasteiger partial charge in [-0.3, -0.25) is 4.90 Å². The number of nitrogens with zero attached hydrogens (tertiary/aromatic N) is 1. The summed E-state index contributed by atoms with van der Waals surface area (Å²) in [6.07, 6.45) is 0. The average Bonchev–Trinajstić information content (AvgIpc) is 2.69. The third-order valence-electron chi connectivity index (χ3n) is 4.91. The molecule has 2 aromatic rings. The average molecular weight is 422 g/mol. The highest BCUT2D eigenvalue weighted by molar-refractivity contribution is 7.89. The summed E-state index contributed by atoms with van der Waals surface area (Å²) in [5.41, 5.74) is 0. The van der Waals surface area contributed by atoms with E-state index in [0.717, 1.165) is 31.8 Å². The van der Waals surface area contributed by atoms with Gasteiger partial charge in [-0.15, -0.1) is 0 Å². The van der Waals surface area contributed by atoms with E-state index in [0.29, 0.717) is 43.6 Å². The second-order valence-electron chi connectivity index (χ2n) is 7.06. The Labute approximate surface area is 169 Å². The highest BCUT2D eigenvalue weighted by Crippen LogP contribution is 2.38.